The first-order valence-corrected chi connectivity index (χ1v) is 5.38. The SMILES string of the molecule is C=CCCOCCNCCCCC(=O)O. The molecule has 2 N–H and O–H groups in total. The summed E-state index contributed by atoms with van der Waals surface area (Å²) >= 11 is 0. The van der Waals surface area contributed by atoms with Gasteiger partial charge in [0.15, 0.2) is 0 Å². The van der Waals surface area contributed by atoms with Crippen LogP contribution in [0.1, 0.15) is 25.7 Å². The molecular formula is C11H21NO3. The number of aliphatic carboxylic acids is 1. The number of hydrogen-bond acceptors (Lipinski definition) is 3. The van der Waals surface area contributed by atoms with E-state index in [1.165, 1.54) is 0 Å². The second kappa shape index (κ2) is 11.2. The molecule has 0 unspecified atom stereocenters. The summed E-state index contributed by atoms with van der Waals surface area (Å²) in [4.78, 5) is 10.2. The zero-order chi connectivity index (χ0) is 11.4. The predicted molar refractivity (Wildman–Crippen MR) is 60.0 cm³/mol. The van der Waals surface area contributed by atoms with Gasteiger partial charge in [0.1, 0.15) is 0 Å². The highest BCUT2D eigenvalue weighted by molar-refractivity contribution is 5.66. The monoisotopic (exact) mass is 215 g/mol. The number of carbonyl (C=O) groups is 1. The molecule has 88 valence electrons. The summed E-state index contributed by atoms with van der Waals surface area (Å²) in [5, 5.41) is 11.6. The largest absolute Gasteiger partial charge is 0.481 e. The Kier molecular flexibility index (Phi) is 10.6. The van der Waals surface area contributed by atoms with Crippen LogP contribution in [0, 0.1) is 0 Å². The lowest BCUT2D eigenvalue weighted by Gasteiger charge is -2.04. The molecule has 0 saturated heterocycles. The van der Waals surface area contributed by atoms with Crippen molar-refractivity contribution in [1.29, 1.82) is 0 Å². The standard InChI is InChI=1S/C11H21NO3/c1-2-3-9-15-10-8-12-7-5-4-6-11(13)14/h2,12H,1,3-10H2,(H,13,14). The lowest BCUT2D eigenvalue weighted by molar-refractivity contribution is -0.137. The van der Waals surface area contributed by atoms with Crippen LogP contribution in [0.4, 0.5) is 0 Å². The maximum atomic E-state index is 10.2. The first-order valence-electron chi connectivity index (χ1n) is 5.38. The van der Waals surface area contributed by atoms with E-state index >= 15 is 0 Å². The molecule has 0 heterocycles. The number of hydrogen-bond donors (Lipinski definition) is 2. The summed E-state index contributed by atoms with van der Waals surface area (Å²) in [5.74, 6) is -0.720. The van der Waals surface area contributed by atoms with E-state index < -0.39 is 5.97 Å². The van der Waals surface area contributed by atoms with Gasteiger partial charge in [0.2, 0.25) is 0 Å². The summed E-state index contributed by atoms with van der Waals surface area (Å²) in [6.45, 7) is 6.71. The molecule has 4 nitrogen and oxygen atoms in total. The number of carboxylic acids is 1. The van der Waals surface area contributed by atoms with E-state index in [1.54, 1.807) is 0 Å². The third-order valence-electron chi connectivity index (χ3n) is 1.88. The maximum Gasteiger partial charge on any atom is 0.303 e. The predicted octanol–water partition coefficient (Wildman–Crippen LogP) is 1.42. The first-order chi connectivity index (χ1) is 7.27. The van der Waals surface area contributed by atoms with Gasteiger partial charge in [0.05, 0.1) is 13.2 Å². The fraction of sp³-hybridized carbons (Fsp3) is 0.727. The van der Waals surface area contributed by atoms with Gasteiger partial charge in [0.25, 0.3) is 0 Å². The van der Waals surface area contributed by atoms with E-state index in [0.29, 0.717) is 6.61 Å². The first kappa shape index (κ1) is 14.1. The van der Waals surface area contributed by atoms with Gasteiger partial charge in [-0.1, -0.05) is 6.08 Å². The molecule has 0 aromatic carbocycles. The summed E-state index contributed by atoms with van der Waals surface area (Å²) in [6, 6.07) is 0. The Bertz CT molecular complexity index is 171. The third kappa shape index (κ3) is 13.1. The molecular weight excluding hydrogens is 194 g/mol. The lowest BCUT2D eigenvalue weighted by Crippen LogP contribution is -2.21. The third-order valence-corrected chi connectivity index (χ3v) is 1.88. The molecule has 0 aromatic rings. The Labute approximate surface area is 91.3 Å². The van der Waals surface area contributed by atoms with Crippen LogP contribution in [-0.4, -0.2) is 37.4 Å². The van der Waals surface area contributed by atoms with Crippen molar-refractivity contribution in [1.82, 2.24) is 5.32 Å². The van der Waals surface area contributed by atoms with Gasteiger partial charge in [-0.25, -0.2) is 0 Å². The highest BCUT2D eigenvalue weighted by Gasteiger charge is 1.95. The van der Waals surface area contributed by atoms with Gasteiger partial charge < -0.3 is 15.2 Å². The lowest BCUT2D eigenvalue weighted by atomic mass is 10.2. The average Bonchev–Trinajstić information content (AvgIpc) is 2.20. The van der Waals surface area contributed by atoms with Gasteiger partial charge in [-0.05, 0) is 25.8 Å². The van der Waals surface area contributed by atoms with E-state index in [-0.39, 0.29) is 6.42 Å². The second-order valence-corrected chi connectivity index (χ2v) is 3.29. The Hall–Kier alpha value is -0.870. The topological polar surface area (TPSA) is 58.6 Å². The molecule has 15 heavy (non-hydrogen) atoms. The maximum absolute atomic E-state index is 10.2. The van der Waals surface area contributed by atoms with Crippen LogP contribution >= 0.6 is 0 Å². The summed E-state index contributed by atoms with van der Waals surface area (Å²) < 4.78 is 5.29. The molecule has 0 atom stereocenters. The van der Waals surface area contributed by atoms with Crippen molar-refractivity contribution < 1.29 is 14.6 Å². The van der Waals surface area contributed by atoms with Crippen LogP contribution in [0.15, 0.2) is 12.7 Å². The fourth-order valence-electron chi connectivity index (χ4n) is 1.06. The van der Waals surface area contributed by atoms with E-state index in [4.69, 9.17) is 9.84 Å². The van der Waals surface area contributed by atoms with Crippen molar-refractivity contribution >= 4 is 5.97 Å². The van der Waals surface area contributed by atoms with Crippen LogP contribution < -0.4 is 5.32 Å². The van der Waals surface area contributed by atoms with Crippen LogP contribution in [0.5, 0.6) is 0 Å². The molecule has 0 aliphatic carbocycles. The minimum Gasteiger partial charge on any atom is -0.481 e. The van der Waals surface area contributed by atoms with Crippen molar-refractivity contribution in [3.8, 4) is 0 Å². The van der Waals surface area contributed by atoms with Crippen molar-refractivity contribution in [2.24, 2.45) is 0 Å². The average molecular weight is 215 g/mol. The molecule has 0 bridgehead atoms. The molecule has 0 aliphatic heterocycles. The van der Waals surface area contributed by atoms with Crippen LogP contribution in [-0.2, 0) is 9.53 Å². The number of carboxylic acid groups (broad SMARTS) is 1. The van der Waals surface area contributed by atoms with Crippen LogP contribution in [0.3, 0.4) is 0 Å². The van der Waals surface area contributed by atoms with Crippen molar-refractivity contribution in [3.63, 3.8) is 0 Å². The molecule has 0 spiro atoms. The molecule has 0 radical (unpaired) electrons. The molecule has 0 saturated carbocycles. The van der Waals surface area contributed by atoms with E-state index in [9.17, 15) is 4.79 Å². The molecule has 0 rings (SSSR count). The van der Waals surface area contributed by atoms with Gasteiger partial charge >= 0.3 is 5.97 Å². The number of ether oxygens (including phenoxy) is 1. The van der Waals surface area contributed by atoms with E-state index in [0.717, 1.165) is 39.0 Å². The quantitative estimate of drug-likeness (QED) is 0.404. The van der Waals surface area contributed by atoms with Crippen molar-refractivity contribution in [2.45, 2.75) is 25.7 Å². The minimum absolute atomic E-state index is 0.261. The zero-order valence-electron chi connectivity index (χ0n) is 9.21. The van der Waals surface area contributed by atoms with Gasteiger partial charge in [-0.2, -0.15) is 0 Å². The zero-order valence-corrected chi connectivity index (χ0v) is 9.21. The summed E-state index contributed by atoms with van der Waals surface area (Å²) in [6.07, 6.45) is 4.62. The molecule has 0 fully saturated rings. The molecule has 0 amide bonds. The van der Waals surface area contributed by atoms with E-state index in [2.05, 4.69) is 11.9 Å². The smallest absolute Gasteiger partial charge is 0.303 e. The molecule has 0 aliphatic rings. The van der Waals surface area contributed by atoms with Crippen molar-refractivity contribution in [2.75, 3.05) is 26.3 Å². The van der Waals surface area contributed by atoms with Crippen molar-refractivity contribution in [3.05, 3.63) is 12.7 Å². The minimum atomic E-state index is -0.720. The van der Waals surface area contributed by atoms with Crippen LogP contribution in [0.25, 0.3) is 0 Å². The Balaban J connectivity index is 2.92. The summed E-state index contributed by atoms with van der Waals surface area (Å²) in [7, 11) is 0. The second-order valence-electron chi connectivity index (χ2n) is 3.29. The van der Waals surface area contributed by atoms with Gasteiger partial charge in [-0.15, -0.1) is 6.58 Å². The normalized spacial score (nSPS) is 10.1. The Morgan fingerprint density at radius 2 is 2.13 bits per heavy atom. The fourth-order valence-corrected chi connectivity index (χ4v) is 1.06. The number of nitrogens with one attached hydrogen (secondary N) is 1. The molecule has 4 heteroatoms. The molecule has 0 aromatic heterocycles. The van der Waals surface area contributed by atoms with E-state index in [1.807, 2.05) is 6.08 Å². The Morgan fingerprint density at radius 3 is 2.80 bits per heavy atom. The van der Waals surface area contributed by atoms with Crippen LogP contribution in [0.2, 0.25) is 0 Å². The highest BCUT2D eigenvalue weighted by Crippen LogP contribution is 1.92. The van der Waals surface area contributed by atoms with Gasteiger partial charge in [-0.3, -0.25) is 4.79 Å². The van der Waals surface area contributed by atoms with Gasteiger partial charge in [0, 0.05) is 13.0 Å². The Morgan fingerprint density at radius 1 is 1.33 bits per heavy atom. The number of rotatable bonds is 11. The summed E-state index contributed by atoms with van der Waals surface area (Å²) in [5.41, 5.74) is 0. The highest BCUT2D eigenvalue weighted by atomic mass is 16.5. The number of unbranched alkanes of at least 4 members (excludes halogenated alkanes) is 1.